The van der Waals surface area contributed by atoms with Gasteiger partial charge in [-0.25, -0.2) is 14.3 Å². The van der Waals surface area contributed by atoms with Crippen molar-refractivity contribution in [1.29, 1.82) is 0 Å². The second kappa shape index (κ2) is 9.83. The lowest BCUT2D eigenvalue weighted by molar-refractivity contribution is -0.147. The predicted octanol–water partition coefficient (Wildman–Crippen LogP) is 3.31. The monoisotopic (exact) mass is 509 g/mol. The van der Waals surface area contributed by atoms with E-state index in [9.17, 15) is 14.7 Å². The molecule has 0 bridgehead atoms. The minimum absolute atomic E-state index is 0.112. The highest BCUT2D eigenvalue weighted by Crippen LogP contribution is 2.41. The maximum Gasteiger partial charge on any atom is 0.411 e. The van der Waals surface area contributed by atoms with Gasteiger partial charge in [0, 0.05) is 25.0 Å². The Bertz CT molecular complexity index is 1240. The number of nitrogens with one attached hydrogen (secondary N) is 1. The number of aromatic amines is 1. The van der Waals surface area contributed by atoms with E-state index in [0.29, 0.717) is 36.5 Å². The normalized spacial score (nSPS) is 23.8. The Morgan fingerprint density at radius 2 is 2.00 bits per heavy atom. The summed E-state index contributed by atoms with van der Waals surface area (Å²) in [5, 5.41) is 28.6. The van der Waals surface area contributed by atoms with Crippen molar-refractivity contribution in [2.45, 2.75) is 64.2 Å². The Morgan fingerprint density at radius 1 is 1.16 bits per heavy atom. The van der Waals surface area contributed by atoms with Crippen molar-refractivity contribution < 1.29 is 24.2 Å². The summed E-state index contributed by atoms with van der Waals surface area (Å²) in [7, 11) is 0. The molecule has 12 nitrogen and oxygen atoms in total. The third-order valence-corrected chi connectivity index (χ3v) is 6.95. The standard InChI is InChI=1S/C25H31N7O5/c1-25(2,3)37-24(35)31-14-15-5-7-18(11-16(15)12-20(31)23(33)34)36-21-13-17(32-10-4-9-26-32)6-8-19(21)22-27-29-30-28-22/h4,6,8-10,13,15-16,18,20H,5,7,11-12,14H2,1-3H3,(H,33,34)(H,27,28,29,30)/t15-,16+,18-,20-/m0/s1. The molecule has 2 fully saturated rings. The van der Waals surface area contributed by atoms with Gasteiger partial charge >= 0.3 is 12.1 Å². The van der Waals surface area contributed by atoms with Crippen molar-refractivity contribution in [3.8, 4) is 22.8 Å². The smallest absolute Gasteiger partial charge is 0.411 e. The fourth-order valence-corrected chi connectivity index (χ4v) is 5.28. The number of fused-ring (bicyclic) bond motifs is 1. The molecule has 1 aliphatic carbocycles. The minimum atomic E-state index is -1.02. The quantitative estimate of drug-likeness (QED) is 0.528. The third kappa shape index (κ3) is 5.42. The first-order chi connectivity index (χ1) is 17.7. The zero-order chi connectivity index (χ0) is 26.2. The summed E-state index contributed by atoms with van der Waals surface area (Å²) in [4.78, 5) is 26.3. The number of aromatic nitrogens is 6. The van der Waals surface area contributed by atoms with E-state index in [-0.39, 0.29) is 17.9 Å². The van der Waals surface area contributed by atoms with Crippen LogP contribution < -0.4 is 4.74 Å². The summed E-state index contributed by atoms with van der Waals surface area (Å²) < 4.78 is 13.8. The van der Waals surface area contributed by atoms with Crippen molar-refractivity contribution in [3.05, 3.63) is 36.7 Å². The number of piperidine rings is 1. The first-order valence-corrected chi connectivity index (χ1v) is 12.4. The molecule has 1 aliphatic heterocycles. The molecule has 0 unspecified atom stereocenters. The molecule has 1 aromatic carbocycles. The van der Waals surface area contributed by atoms with Crippen molar-refractivity contribution in [2.24, 2.45) is 11.8 Å². The van der Waals surface area contributed by atoms with E-state index in [2.05, 4.69) is 25.7 Å². The molecule has 1 saturated carbocycles. The predicted molar refractivity (Wildman–Crippen MR) is 131 cm³/mol. The van der Waals surface area contributed by atoms with E-state index >= 15 is 0 Å². The molecule has 5 rings (SSSR count). The van der Waals surface area contributed by atoms with Gasteiger partial charge in [0.05, 0.1) is 17.4 Å². The number of hydrogen-bond acceptors (Lipinski definition) is 8. The van der Waals surface area contributed by atoms with E-state index in [0.717, 1.165) is 18.5 Å². The Morgan fingerprint density at radius 3 is 2.68 bits per heavy atom. The summed E-state index contributed by atoms with van der Waals surface area (Å²) in [5.41, 5.74) is 0.844. The average Bonchev–Trinajstić information content (AvgIpc) is 3.57. The Hall–Kier alpha value is -3.96. The number of carbonyl (C=O) groups is 2. The fourth-order valence-electron chi connectivity index (χ4n) is 5.28. The van der Waals surface area contributed by atoms with Crippen molar-refractivity contribution in [2.75, 3.05) is 6.54 Å². The average molecular weight is 510 g/mol. The van der Waals surface area contributed by atoms with Crippen LogP contribution in [0.15, 0.2) is 36.7 Å². The van der Waals surface area contributed by atoms with Crippen molar-refractivity contribution in [3.63, 3.8) is 0 Å². The van der Waals surface area contributed by atoms with E-state index in [1.807, 2.05) is 30.5 Å². The highest BCUT2D eigenvalue weighted by Gasteiger charge is 2.45. The number of carboxylic acids is 1. The summed E-state index contributed by atoms with van der Waals surface area (Å²) in [6, 6.07) is 6.61. The number of carboxylic acid groups (broad SMARTS) is 1. The number of nitrogens with zero attached hydrogens (tertiary/aromatic N) is 6. The van der Waals surface area contributed by atoms with Crippen LogP contribution in [0.3, 0.4) is 0 Å². The molecule has 1 saturated heterocycles. The third-order valence-electron chi connectivity index (χ3n) is 6.95. The van der Waals surface area contributed by atoms with Crippen LogP contribution in [0, 0.1) is 11.8 Å². The van der Waals surface area contributed by atoms with E-state index in [4.69, 9.17) is 9.47 Å². The van der Waals surface area contributed by atoms with Gasteiger partial charge in [-0.3, -0.25) is 4.90 Å². The molecule has 4 atom stereocenters. The lowest BCUT2D eigenvalue weighted by atomic mass is 9.72. The van der Waals surface area contributed by atoms with E-state index in [1.165, 1.54) is 4.90 Å². The van der Waals surface area contributed by atoms with Crippen LogP contribution in [0.5, 0.6) is 5.75 Å². The lowest BCUT2D eigenvalue weighted by Gasteiger charge is -2.46. The summed E-state index contributed by atoms with van der Waals surface area (Å²) in [5.74, 6) is 0.321. The molecule has 0 radical (unpaired) electrons. The molecule has 2 aliphatic rings. The Kier molecular flexibility index (Phi) is 6.57. The molecule has 37 heavy (non-hydrogen) atoms. The first kappa shape index (κ1) is 24.7. The molecule has 12 heteroatoms. The summed E-state index contributed by atoms with van der Waals surface area (Å²) in [6.07, 6.45) is 5.51. The number of amides is 1. The molecule has 3 aromatic rings. The van der Waals surface area contributed by atoms with Gasteiger partial charge in [0.25, 0.3) is 0 Å². The van der Waals surface area contributed by atoms with Crippen LogP contribution in [-0.4, -0.2) is 76.8 Å². The van der Waals surface area contributed by atoms with Gasteiger partial charge in [-0.1, -0.05) is 0 Å². The van der Waals surface area contributed by atoms with Gasteiger partial charge in [0.2, 0.25) is 5.82 Å². The number of ether oxygens (including phenoxy) is 2. The SMILES string of the molecule is CC(C)(C)OC(=O)N1C[C@@H]2CC[C@H](Oc3cc(-n4cccn4)ccc3-c3nn[nH]n3)C[C@@H]2C[C@H]1C(=O)O. The second-order valence-corrected chi connectivity index (χ2v) is 10.7. The van der Waals surface area contributed by atoms with Gasteiger partial charge in [-0.15, -0.1) is 10.2 Å². The van der Waals surface area contributed by atoms with Gasteiger partial charge in [0.1, 0.15) is 17.4 Å². The number of aliphatic carboxylic acids is 1. The number of carbonyl (C=O) groups excluding carboxylic acids is 1. The summed E-state index contributed by atoms with van der Waals surface area (Å²) >= 11 is 0. The van der Waals surface area contributed by atoms with Crippen LogP contribution >= 0.6 is 0 Å². The number of H-pyrrole nitrogens is 1. The molecule has 2 aromatic heterocycles. The zero-order valence-corrected chi connectivity index (χ0v) is 21.1. The Labute approximate surface area is 213 Å². The van der Waals surface area contributed by atoms with Gasteiger partial charge < -0.3 is 14.6 Å². The van der Waals surface area contributed by atoms with Crippen LogP contribution in [0.25, 0.3) is 17.1 Å². The van der Waals surface area contributed by atoms with Crippen molar-refractivity contribution in [1.82, 2.24) is 35.3 Å². The number of tetrazole rings is 1. The van der Waals surface area contributed by atoms with E-state index < -0.39 is 23.7 Å². The molecule has 3 heterocycles. The molecular formula is C25H31N7O5. The number of benzene rings is 1. The second-order valence-electron chi connectivity index (χ2n) is 10.7. The molecule has 1 amide bonds. The van der Waals surface area contributed by atoms with Gasteiger partial charge in [-0.05, 0) is 81.7 Å². The number of rotatable bonds is 5. The molecule has 0 spiro atoms. The number of hydrogen-bond donors (Lipinski definition) is 2. The lowest BCUT2D eigenvalue weighted by Crippen LogP contribution is -2.56. The highest BCUT2D eigenvalue weighted by atomic mass is 16.6. The molecular weight excluding hydrogens is 478 g/mol. The Balaban J connectivity index is 1.34. The topological polar surface area (TPSA) is 148 Å². The highest BCUT2D eigenvalue weighted by molar-refractivity contribution is 5.80. The van der Waals surface area contributed by atoms with Crippen LogP contribution in [0.2, 0.25) is 0 Å². The maximum atomic E-state index is 12.8. The molecule has 196 valence electrons. The zero-order valence-electron chi connectivity index (χ0n) is 21.1. The first-order valence-electron chi connectivity index (χ1n) is 12.4. The van der Waals surface area contributed by atoms with Gasteiger partial charge in [-0.2, -0.15) is 10.3 Å². The minimum Gasteiger partial charge on any atom is -0.490 e. The number of likely N-dealkylation sites (tertiary alicyclic amines) is 1. The van der Waals surface area contributed by atoms with Crippen LogP contribution in [0.4, 0.5) is 4.79 Å². The van der Waals surface area contributed by atoms with E-state index in [1.54, 1.807) is 31.6 Å². The van der Waals surface area contributed by atoms with Crippen LogP contribution in [-0.2, 0) is 9.53 Å². The maximum absolute atomic E-state index is 12.8. The molecule has 2 N–H and O–H groups in total. The van der Waals surface area contributed by atoms with Crippen LogP contribution in [0.1, 0.15) is 46.5 Å². The largest absolute Gasteiger partial charge is 0.490 e. The van der Waals surface area contributed by atoms with Gasteiger partial charge in [0.15, 0.2) is 0 Å². The summed E-state index contributed by atoms with van der Waals surface area (Å²) in [6.45, 7) is 5.70. The van der Waals surface area contributed by atoms with Crippen molar-refractivity contribution >= 4 is 12.1 Å². The fraction of sp³-hybridized carbons (Fsp3) is 0.520.